The summed E-state index contributed by atoms with van der Waals surface area (Å²) in [5, 5.41) is 0. The molecule has 0 fully saturated rings. The van der Waals surface area contributed by atoms with Crippen molar-refractivity contribution in [2.45, 2.75) is 35.2 Å². The van der Waals surface area contributed by atoms with Crippen LogP contribution in [0, 0.1) is 0 Å². The van der Waals surface area contributed by atoms with Gasteiger partial charge in [-0.3, -0.25) is 4.79 Å². The largest absolute Gasteiger partial charge is 0.427 e. The molecule has 0 bridgehead atoms. The van der Waals surface area contributed by atoms with Gasteiger partial charge in [0.15, 0.2) is 0 Å². The van der Waals surface area contributed by atoms with E-state index in [2.05, 4.69) is 0 Å². The van der Waals surface area contributed by atoms with Gasteiger partial charge >= 0.3 is 12.1 Å². The molecule has 0 aliphatic heterocycles. The van der Waals surface area contributed by atoms with Crippen LogP contribution in [0.1, 0.15) is 24.8 Å². The summed E-state index contributed by atoms with van der Waals surface area (Å²) in [7, 11) is -9.46. The highest BCUT2D eigenvalue weighted by molar-refractivity contribution is 8.04. The maximum absolute atomic E-state index is 14.0. The van der Waals surface area contributed by atoms with Gasteiger partial charge in [-0.05, 0) is 48.4 Å². The van der Waals surface area contributed by atoms with Gasteiger partial charge in [0.2, 0.25) is 0 Å². The standard InChI is InChI=1S/C24H22F3NO6S2/c1-18(29)34-20-14-12-19(13-15-20)23(24(25,26)27)16-17-28(35(30,31)21-8-4-2-5-9-21)36(32,33)22-10-6-3-7-11-22/h2-15,23H,16-17H2,1H3. The number of benzene rings is 3. The number of halogens is 3. The van der Waals surface area contributed by atoms with E-state index in [1.54, 1.807) is 0 Å². The van der Waals surface area contributed by atoms with Crippen LogP contribution < -0.4 is 4.74 Å². The Labute approximate surface area is 207 Å². The van der Waals surface area contributed by atoms with Gasteiger partial charge in [0, 0.05) is 13.5 Å². The Hall–Kier alpha value is -3.22. The van der Waals surface area contributed by atoms with Crippen molar-refractivity contribution >= 4 is 26.0 Å². The molecule has 1 atom stereocenters. The zero-order valence-corrected chi connectivity index (χ0v) is 20.6. The van der Waals surface area contributed by atoms with E-state index in [0.29, 0.717) is 0 Å². The summed E-state index contributed by atoms with van der Waals surface area (Å²) in [4.78, 5) is 10.3. The van der Waals surface area contributed by atoms with Crippen LogP contribution in [0.4, 0.5) is 13.2 Å². The normalized spacial score (nSPS) is 13.4. The zero-order valence-electron chi connectivity index (χ0n) is 18.9. The van der Waals surface area contributed by atoms with E-state index in [-0.39, 0.29) is 24.8 Å². The molecule has 0 aliphatic rings. The first-order valence-electron chi connectivity index (χ1n) is 10.6. The molecule has 192 valence electrons. The zero-order chi connectivity index (χ0) is 26.6. The van der Waals surface area contributed by atoms with Crippen LogP contribution in [0.3, 0.4) is 0 Å². The van der Waals surface area contributed by atoms with Crippen LogP contribution >= 0.6 is 0 Å². The van der Waals surface area contributed by atoms with Crippen molar-refractivity contribution < 1.29 is 39.5 Å². The highest BCUT2D eigenvalue weighted by Gasteiger charge is 2.43. The van der Waals surface area contributed by atoms with E-state index in [4.69, 9.17) is 4.74 Å². The molecule has 0 aliphatic carbocycles. The Morgan fingerprint density at radius 1 is 0.806 bits per heavy atom. The van der Waals surface area contributed by atoms with E-state index in [1.807, 2.05) is 0 Å². The van der Waals surface area contributed by atoms with Crippen molar-refractivity contribution in [2.75, 3.05) is 6.54 Å². The van der Waals surface area contributed by atoms with Crippen LogP contribution in [-0.4, -0.2) is 39.2 Å². The molecule has 0 saturated carbocycles. The predicted octanol–water partition coefficient (Wildman–Crippen LogP) is 4.73. The van der Waals surface area contributed by atoms with Gasteiger partial charge < -0.3 is 4.74 Å². The maximum Gasteiger partial charge on any atom is 0.395 e. The van der Waals surface area contributed by atoms with E-state index in [1.165, 1.54) is 48.5 Å². The Morgan fingerprint density at radius 3 is 1.64 bits per heavy atom. The molecular weight excluding hydrogens is 519 g/mol. The fraction of sp³-hybridized carbons (Fsp3) is 0.208. The van der Waals surface area contributed by atoms with Crippen LogP contribution in [-0.2, 0) is 24.8 Å². The molecule has 3 aromatic carbocycles. The minimum absolute atomic E-state index is 0.0344. The van der Waals surface area contributed by atoms with Gasteiger partial charge in [0.05, 0.1) is 15.7 Å². The van der Waals surface area contributed by atoms with Crippen molar-refractivity contribution in [3.63, 3.8) is 0 Å². The molecule has 7 nitrogen and oxygen atoms in total. The number of hydrogen-bond donors (Lipinski definition) is 0. The van der Waals surface area contributed by atoms with Crippen LogP contribution in [0.2, 0.25) is 0 Å². The highest BCUT2D eigenvalue weighted by Crippen LogP contribution is 2.39. The number of sulfonamides is 2. The Balaban J connectivity index is 2.01. The predicted molar refractivity (Wildman–Crippen MR) is 125 cm³/mol. The Kier molecular flexibility index (Phi) is 8.22. The van der Waals surface area contributed by atoms with Crippen LogP contribution in [0.5, 0.6) is 5.75 Å². The lowest BCUT2D eigenvalue weighted by molar-refractivity contribution is -0.152. The molecule has 12 heteroatoms. The number of ether oxygens (including phenoxy) is 1. The maximum atomic E-state index is 14.0. The molecule has 36 heavy (non-hydrogen) atoms. The van der Waals surface area contributed by atoms with Gasteiger partial charge in [0.25, 0.3) is 20.0 Å². The molecule has 3 aromatic rings. The number of carbonyl (C=O) groups is 1. The van der Waals surface area contributed by atoms with Crippen LogP contribution in [0.15, 0.2) is 94.7 Å². The number of hydrogen-bond acceptors (Lipinski definition) is 6. The van der Waals surface area contributed by atoms with Gasteiger partial charge in [-0.25, -0.2) is 16.8 Å². The van der Waals surface area contributed by atoms with Gasteiger partial charge in [0.1, 0.15) is 5.75 Å². The third-order valence-electron chi connectivity index (χ3n) is 5.16. The summed E-state index contributed by atoms with van der Waals surface area (Å²) >= 11 is 0. The van der Waals surface area contributed by atoms with Gasteiger partial charge in [-0.2, -0.15) is 13.2 Å². The molecule has 3 rings (SSSR count). The molecule has 0 heterocycles. The number of nitrogens with zero attached hydrogens (tertiary/aromatic N) is 1. The van der Waals surface area contributed by atoms with E-state index in [9.17, 15) is 34.8 Å². The minimum atomic E-state index is -4.82. The van der Waals surface area contributed by atoms with E-state index >= 15 is 0 Å². The third-order valence-corrected chi connectivity index (χ3v) is 9.51. The van der Waals surface area contributed by atoms with Crippen LogP contribution in [0.25, 0.3) is 0 Å². The summed E-state index contributed by atoms with van der Waals surface area (Å²) in [6.45, 7) is 0.172. The second kappa shape index (κ2) is 10.8. The average Bonchev–Trinajstić information content (AvgIpc) is 2.82. The number of carbonyl (C=O) groups excluding carboxylic acids is 1. The summed E-state index contributed by atoms with van der Waals surface area (Å²) in [5.74, 6) is -2.81. The number of esters is 1. The monoisotopic (exact) mass is 541 g/mol. The highest BCUT2D eigenvalue weighted by atomic mass is 32.3. The lowest BCUT2D eigenvalue weighted by atomic mass is 9.95. The third kappa shape index (κ3) is 6.31. The first-order chi connectivity index (χ1) is 16.8. The molecule has 0 N–H and O–H groups in total. The number of alkyl halides is 3. The van der Waals surface area contributed by atoms with Crippen molar-refractivity contribution in [1.82, 2.24) is 3.71 Å². The molecule has 0 spiro atoms. The molecule has 0 radical (unpaired) electrons. The summed E-state index contributed by atoms with van der Waals surface area (Å²) in [5.41, 5.74) is -0.243. The average molecular weight is 542 g/mol. The lowest BCUT2D eigenvalue weighted by Gasteiger charge is -2.26. The smallest absolute Gasteiger partial charge is 0.395 e. The molecule has 0 amide bonds. The summed E-state index contributed by atoms with van der Waals surface area (Å²) in [6, 6.07) is 17.8. The van der Waals surface area contributed by atoms with E-state index < -0.39 is 51.1 Å². The second-order valence-electron chi connectivity index (χ2n) is 7.68. The number of rotatable bonds is 9. The van der Waals surface area contributed by atoms with Gasteiger partial charge in [-0.1, -0.05) is 52.2 Å². The molecule has 0 saturated heterocycles. The Morgan fingerprint density at radius 2 is 1.25 bits per heavy atom. The lowest BCUT2D eigenvalue weighted by Crippen LogP contribution is -2.39. The molecular formula is C24H22F3NO6S2. The summed E-state index contributed by atoms with van der Waals surface area (Å²) < 4.78 is 100. The first-order valence-corrected chi connectivity index (χ1v) is 13.4. The molecule has 1 unspecified atom stereocenters. The van der Waals surface area contributed by atoms with Crippen molar-refractivity contribution in [2.24, 2.45) is 0 Å². The van der Waals surface area contributed by atoms with Crippen molar-refractivity contribution in [3.8, 4) is 5.75 Å². The van der Waals surface area contributed by atoms with E-state index in [0.717, 1.165) is 43.3 Å². The topological polar surface area (TPSA) is 97.8 Å². The Bertz CT molecular complexity index is 1320. The quantitative estimate of drug-likeness (QED) is 0.287. The fourth-order valence-corrected chi connectivity index (χ4v) is 7.19. The summed E-state index contributed by atoms with van der Waals surface area (Å²) in [6.07, 6.45) is -5.70. The SMILES string of the molecule is CC(=O)Oc1ccc(C(CCN(S(=O)(=O)c2ccccc2)S(=O)(=O)c2ccccc2)C(F)(F)F)cc1. The van der Waals surface area contributed by atoms with Gasteiger partial charge in [-0.15, -0.1) is 0 Å². The minimum Gasteiger partial charge on any atom is -0.427 e. The fourth-order valence-electron chi connectivity index (χ4n) is 3.48. The second-order valence-corrected chi connectivity index (χ2v) is 11.6. The first kappa shape index (κ1) is 27.4. The molecule has 0 aromatic heterocycles. The van der Waals surface area contributed by atoms with Crippen molar-refractivity contribution in [3.05, 3.63) is 90.5 Å². The van der Waals surface area contributed by atoms with Crippen molar-refractivity contribution in [1.29, 1.82) is 0 Å².